The van der Waals surface area contributed by atoms with Crippen LogP contribution in [0.1, 0.15) is 22.7 Å². The molecule has 0 aliphatic carbocycles. The molecule has 4 heteroatoms. The highest BCUT2D eigenvalue weighted by Crippen LogP contribution is 2.28. The minimum absolute atomic E-state index is 0. The van der Waals surface area contributed by atoms with Crippen LogP contribution >= 0.6 is 24.8 Å². The van der Waals surface area contributed by atoms with Crippen LogP contribution < -0.4 is 5.32 Å². The van der Waals surface area contributed by atoms with E-state index in [1.807, 2.05) is 0 Å². The van der Waals surface area contributed by atoms with Crippen LogP contribution in [0, 0.1) is 13.8 Å². The molecule has 0 radical (unpaired) electrons. The summed E-state index contributed by atoms with van der Waals surface area (Å²) in [6.07, 6.45) is 2.08. The normalized spacial score (nSPS) is 16.9. The predicted molar refractivity (Wildman–Crippen MR) is 87.8 cm³/mol. The molecule has 1 aliphatic heterocycles. The van der Waals surface area contributed by atoms with Crippen molar-refractivity contribution in [1.82, 2.24) is 10.2 Å². The van der Waals surface area contributed by atoms with Gasteiger partial charge in [-0.15, -0.1) is 31.4 Å². The SMILES string of the molecule is C=C[C@H](c1c(C)cccc1C)N1CCNCC1.Cl.Cl. The van der Waals surface area contributed by atoms with E-state index < -0.39 is 0 Å². The summed E-state index contributed by atoms with van der Waals surface area (Å²) in [5, 5.41) is 3.40. The zero-order valence-corrected chi connectivity index (χ0v) is 13.3. The Morgan fingerprint density at radius 1 is 1.16 bits per heavy atom. The summed E-state index contributed by atoms with van der Waals surface area (Å²) < 4.78 is 0. The number of aryl methyl sites for hydroxylation is 2. The smallest absolute Gasteiger partial charge is 0.0535 e. The molecule has 19 heavy (non-hydrogen) atoms. The van der Waals surface area contributed by atoms with Gasteiger partial charge in [0, 0.05) is 26.2 Å². The minimum Gasteiger partial charge on any atom is -0.314 e. The van der Waals surface area contributed by atoms with Gasteiger partial charge in [-0.2, -0.15) is 0 Å². The third-order valence-electron chi connectivity index (χ3n) is 3.61. The molecule has 1 aromatic carbocycles. The third kappa shape index (κ3) is 4.22. The number of benzene rings is 1. The summed E-state index contributed by atoms with van der Waals surface area (Å²) >= 11 is 0. The second-order valence-corrected chi connectivity index (χ2v) is 4.77. The van der Waals surface area contributed by atoms with E-state index in [1.54, 1.807) is 0 Å². The maximum Gasteiger partial charge on any atom is 0.0535 e. The Morgan fingerprint density at radius 3 is 2.16 bits per heavy atom. The fourth-order valence-electron chi connectivity index (χ4n) is 2.70. The van der Waals surface area contributed by atoms with E-state index in [4.69, 9.17) is 0 Å². The number of hydrogen-bond donors (Lipinski definition) is 1. The highest BCUT2D eigenvalue weighted by molar-refractivity contribution is 5.85. The topological polar surface area (TPSA) is 15.3 Å². The van der Waals surface area contributed by atoms with E-state index in [0.29, 0.717) is 6.04 Å². The molecule has 0 amide bonds. The molecule has 0 unspecified atom stereocenters. The van der Waals surface area contributed by atoms with Gasteiger partial charge in [-0.3, -0.25) is 4.90 Å². The average Bonchev–Trinajstić information content (AvgIpc) is 2.35. The Balaban J connectivity index is 0.00000162. The molecular weight excluding hydrogens is 279 g/mol. The maximum absolute atomic E-state index is 4.03. The van der Waals surface area contributed by atoms with Crippen LogP contribution in [0.2, 0.25) is 0 Å². The van der Waals surface area contributed by atoms with Crippen LogP contribution in [-0.2, 0) is 0 Å². The summed E-state index contributed by atoms with van der Waals surface area (Å²) in [7, 11) is 0. The Morgan fingerprint density at radius 2 is 1.68 bits per heavy atom. The number of halogens is 2. The standard InChI is InChI=1S/C15H22N2.2ClH/c1-4-14(17-10-8-16-9-11-17)15-12(2)6-5-7-13(15)3;;/h4-7,14,16H,1,8-11H2,2-3H3;2*1H/t14-;;/m1../s1. The summed E-state index contributed by atoms with van der Waals surface area (Å²) in [5.74, 6) is 0. The Bertz CT molecular complexity index is 381. The molecule has 2 nitrogen and oxygen atoms in total. The van der Waals surface area contributed by atoms with Gasteiger partial charge < -0.3 is 5.32 Å². The molecule has 1 heterocycles. The second kappa shape index (κ2) is 8.60. The molecule has 0 saturated carbocycles. The van der Waals surface area contributed by atoms with Crippen LogP contribution in [0.25, 0.3) is 0 Å². The summed E-state index contributed by atoms with van der Waals surface area (Å²) in [5.41, 5.74) is 4.17. The van der Waals surface area contributed by atoms with Gasteiger partial charge >= 0.3 is 0 Å². The molecule has 108 valence electrons. The van der Waals surface area contributed by atoms with Crippen molar-refractivity contribution in [2.75, 3.05) is 26.2 Å². The molecule has 1 aromatic rings. The average molecular weight is 303 g/mol. The molecule has 0 aromatic heterocycles. The van der Waals surface area contributed by atoms with E-state index in [2.05, 4.69) is 54.9 Å². The van der Waals surface area contributed by atoms with E-state index in [-0.39, 0.29) is 24.8 Å². The number of rotatable bonds is 3. The van der Waals surface area contributed by atoms with Gasteiger partial charge in [-0.05, 0) is 30.5 Å². The van der Waals surface area contributed by atoms with Gasteiger partial charge in [0.05, 0.1) is 6.04 Å². The molecule has 0 spiro atoms. The van der Waals surface area contributed by atoms with Crippen molar-refractivity contribution in [3.05, 3.63) is 47.5 Å². The molecule has 2 rings (SSSR count). The molecule has 0 bridgehead atoms. The Hall–Kier alpha value is -0.540. The fourth-order valence-corrected chi connectivity index (χ4v) is 2.70. The van der Waals surface area contributed by atoms with Crippen LogP contribution in [0.3, 0.4) is 0 Å². The molecule has 1 saturated heterocycles. The third-order valence-corrected chi connectivity index (χ3v) is 3.61. The van der Waals surface area contributed by atoms with E-state index in [1.165, 1.54) is 16.7 Å². The van der Waals surface area contributed by atoms with Gasteiger partial charge in [-0.1, -0.05) is 24.3 Å². The first-order valence-corrected chi connectivity index (χ1v) is 6.37. The first-order chi connectivity index (χ1) is 8.24. The lowest BCUT2D eigenvalue weighted by atomic mass is 9.94. The number of hydrogen-bond acceptors (Lipinski definition) is 2. The Labute approximate surface area is 129 Å². The second-order valence-electron chi connectivity index (χ2n) is 4.77. The van der Waals surface area contributed by atoms with E-state index in [0.717, 1.165) is 26.2 Å². The summed E-state index contributed by atoms with van der Waals surface area (Å²) in [6, 6.07) is 6.88. The van der Waals surface area contributed by atoms with Gasteiger partial charge in [0.2, 0.25) is 0 Å². The van der Waals surface area contributed by atoms with Crippen LogP contribution in [0.5, 0.6) is 0 Å². The van der Waals surface area contributed by atoms with Gasteiger partial charge in [0.15, 0.2) is 0 Å². The molecule has 1 fully saturated rings. The lowest BCUT2D eigenvalue weighted by Crippen LogP contribution is -2.44. The zero-order valence-electron chi connectivity index (χ0n) is 11.7. The van der Waals surface area contributed by atoms with Gasteiger partial charge in [-0.25, -0.2) is 0 Å². The van der Waals surface area contributed by atoms with Crippen LogP contribution in [-0.4, -0.2) is 31.1 Å². The van der Waals surface area contributed by atoms with E-state index in [9.17, 15) is 0 Å². The Kier molecular flexibility index (Phi) is 8.35. The predicted octanol–water partition coefficient (Wildman–Crippen LogP) is 3.28. The largest absolute Gasteiger partial charge is 0.314 e. The quantitative estimate of drug-likeness (QED) is 0.862. The first-order valence-electron chi connectivity index (χ1n) is 6.37. The maximum atomic E-state index is 4.03. The summed E-state index contributed by atoms with van der Waals surface area (Å²) in [6.45, 7) is 12.8. The van der Waals surface area contributed by atoms with Crippen molar-refractivity contribution in [3.63, 3.8) is 0 Å². The van der Waals surface area contributed by atoms with E-state index >= 15 is 0 Å². The van der Waals surface area contributed by atoms with Crippen molar-refractivity contribution in [1.29, 1.82) is 0 Å². The lowest BCUT2D eigenvalue weighted by molar-refractivity contribution is 0.202. The van der Waals surface area contributed by atoms with Crippen molar-refractivity contribution in [3.8, 4) is 0 Å². The highest BCUT2D eigenvalue weighted by Gasteiger charge is 2.21. The van der Waals surface area contributed by atoms with Crippen molar-refractivity contribution < 1.29 is 0 Å². The minimum atomic E-state index is 0. The van der Waals surface area contributed by atoms with Crippen LogP contribution in [0.15, 0.2) is 30.9 Å². The number of nitrogens with zero attached hydrogens (tertiary/aromatic N) is 1. The monoisotopic (exact) mass is 302 g/mol. The molecular formula is C15H24Cl2N2. The lowest BCUT2D eigenvalue weighted by Gasteiger charge is -2.34. The molecule has 1 atom stereocenters. The van der Waals surface area contributed by atoms with Gasteiger partial charge in [0.25, 0.3) is 0 Å². The van der Waals surface area contributed by atoms with Crippen LogP contribution in [0.4, 0.5) is 0 Å². The number of piperazine rings is 1. The first kappa shape index (κ1) is 18.5. The highest BCUT2D eigenvalue weighted by atomic mass is 35.5. The summed E-state index contributed by atoms with van der Waals surface area (Å²) in [4.78, 5) is 2.51. The number of nitrogens with one attached hydrogen (secondary N) is 1. The fraction of sp³-hybridized carbons (Fsp3) is 0.467. The molecule has 1 aliphatic rings. The van der Waals surface area contributed by atoms with Crippen molar-refractivity contribution >= 4 is 24.8 Å². The molecule has 1 N–H and O–H groups in total. The zero-order chi connectivity index (χ0) is 12.3. The van der Waals surface area contributed by atoms with Gasteiger partial charge in [0.1, 0.15) is 0 Å². The van der Waals surface area contributed by atoms with Crippen molar-refractivity contribution in [2.24, 2.45) is 0 Å². The van der Waals surface area contributed by atoms with Crippen molar-refractivity contribution in [2.45, 2.75) is 19.9 Å².